The summed E-state index contributed by atoms with van der Waals surface area (Å²) in [5.41, 5.74) is 2.46. The smallest absolute Gasteiger partial charge is 0.178 e. The van der Waals surface area contributed by atoms with E-state index in [1.807, 2.05) is 30.9 Å². The molecule has 0 aliphatic carbocycles. The molecule has 0 saturated heterocycles. The molecule has 0 aliphatic rings. The number of ketones is 1. The van der Waals surface area contributed by atoms with E-state index in [4.69, 9.17) is 0 Å². The predicted molar refractivity (Wildman–Crippen MR) is 63.7 cm³/mol. The lowest BCUT2D eigenvalue weighted by molar-refractivity contribution is 0.101. The van der Waals surface area contributed by atoms with E-state index in [2.05, 4.69) is 10.1 Å². The maximum absolute atomic E-state index is 11.2. The Bertz CT molecular complexity index is 521. The molecule has 80 valence electrons. The summed E-state index contributed by atoms with van der Waals surface area (Å²) in [5.74, 6) is -0.0153. The molecule has 16 heavy (non-hydrogen) atoms. The number of pyridine rings is 1. The number of hydrogen-bond donors (Lipinski definition) is 0. The van der Waals surface area contributed by atoms with E-state index < -0.39 is 0 Å². The summed E-state index contributed by atoms with van der Waals surface area (Å²) >= 11 is 0. The van der Waals surface area contributed by atoms with Gasteiger partial charge in [0.05, 0.1) is 12.2 Å². The summed E-state index contributed by atoms with van der Waals surface area (Å²) in [6.45, 7) is 2.11. The summed E-state index contributed by atoms with van der Waals surface area (Å²) in [4.78, 5) is 15.4. The van der Waals surface area contributed by atoms with Gasteiger partial charge >= 0.3 is 0 Å². The lowest BCUT2D eigenvalue weighted by atomic mass is 10.0. The summed E-state index contributed by atoms with van der Waals surface area (Å²) in [7, 11) is 1.99. The Morgan fingerprint density at radius 3 is 2.94 bits per heavy atom. The molecule has 2 heterocycles. The second-order valence-corrected chi connectivity index (χ2v) is 3.79. The van der Waals surface area contributed by atoms with Crippen LogP contribution in [0.4, 0.5) is 0 Å². The molecule has 2 aromatic heterocycles. The van der Waals surface area contributed by atoms with Crippen LogP contribution in [0.25, 0.3) is 0 Å². The molecular weight excluding hydrogens is 201 g/mol. The molecule has 0 aromatic carbocycles. The third-order valence-electron chi connectivity index (χ3n) is 2.25. The molecule has 0 atom stereocenters. The fourth-order valence-electron chi connectivity index (χ4n) is 1.48. The fourth-order valence-corrected chi connectivity index (χ4v) is 1.48. The molecule has 2 aromatic rings. The monoisotopic (exact) mass is 213 g/mol. The molecule has 5 heteroatoms. The van der Waals surface area contributed by atoms with Crippen molar-refractivity contribution in [2.45, 2.75) is 13.5 Å². The summed E-state index contributed by atoms with van der Waals surface area (Å²) in [6.07, 6.45) is 3.75. The number of nitrogens with zero attached hydrogens (tertiary/aromatic N) is 3. The Kier molecular flexibility index (Phi) is 2.85. The van der Waals surface area contributed by atoms with Gasteiger partial charge < -0.3 is 0 Å². The summed E-state index contributed by atoms with van der Waals surface area (Å²) in [6, 6.07) is 5.46. The SMILES string of the molecule is Bc1cnn(Cc2cccc(C(C)=O)n2)c1. The second-order valence-electron chi connectivity index (χ2n) is 3.79. The van der Waals surface area contributed by atoms with E-state index in [0.717, 1.165) is 11.2 Å². The van der Waals surface area contributed by atoms with Gasteiger partial charge in [-0.3, -0.25) is 9.48 Å². The number of carbonyl (C=O) groups excluding carboxylic acids is 1. The quantitative estimate of drug-likeness (QED) is 0.523. The van der Waals surface area contributed by atoms with Crippen LogP contribution < -0.4 is 5.46 Å². The normalized spacial score (nSPS) is 10.3. The topological polar surface area (TPSA) is 47.8 Å². The zero-order chi connectivity index (χ0) is 11.5. The highest BCUT2D eigenvalue weighted by atomic mass is 16.1. The van der Waals surface area contributed by atoms with Gasteiger partial charge in [0.2, 0.25) is 0 Å². The van der Waals surface area contributed by atoms with Crippen LogP contribution in [0.15, 0.2) is 30.6 Å². The van der Waals surface area contributed by atoms with Crippen LogP contribution >= 0.6 is 0 Å². The first-order valence-corrected chi connectivity index (χ1v) is 5.11. The van der Waals surface area contributed by atoms with Gasteiger partial charge in [-0.05, 0) is 12.1 Å². The van der Waals surface area contributed by atoms with Crippen molar-refractivity contribution in [1.29, 1.82) is 0 Å². The van der Waals surface area contributed by atoms with Crippen LogP contribution in [0.5, 0.6) is 0 Å². The van der Waals surface area contributed by atoms with Crippen molar-refractivity contribution in [3.05, 3.63) is 42.0 Å². The molecule has 0 N–H and O–H groups in total. The Hall–Kier alpha value is -1.91. The van der Waals surface area contributed by atoms with Crippen LogP contribution in [0, 0.1) is 0 Å². The fraction of sp³-hybridized carbons (Fsp3) is 0.182. The van der Waals surface area contributed by atoms with E-state index in [-0.39, 0.29) is 5.78 Å². The first-order valence-electron chi connectivity index (χ1n) is 5.11. The van der Waals surface area contributed by atoms with Gasteiger partial charge in [0.25, 0.3) is 0 Å². The molecular formula is C11H12BN3O. The number of Topliss-reactive ketones (excluding diaryl/α,β-unsaturated/α-hetero) is 1. The van der Waals surface area contributed by atoms with E-state index in [9.17, 15) is 4.79 Å². The zero-order valence-corrected chi connectivity index (χ0v) is 9.34. The number of carbonyl (C=O) groups is 1. The minimum absolute atomic E-state index is 0.0153. The maximum Gasteiger partial charge on any atom is 0.178 e. The van der Waals surface area contributed by atoms with E-state index >= 15 is 0 Å². The van der Waals surface area contributed by atoms with E-state index in [1.165, 1.54) is 6.92 Å². The van der Waals surface area contributed by atoms with E-state index in [1.54, 1.807) is 12.3 Å². The van der Waals surface area contributed by atoms with Crippen LogP contribution in [0.1, 0.15) is 23.1 Å². The Balaban J connectivity index is 2.21. The van der Waals surface area contributed by atoms with Gasteiger partial charge in [-0.1, -0.05) is 11.5 Å². The van der Waals surface area contributed by atoms with Gasteiger partial charge in [0.1, 0.15) is 13.5 Å². The molecule has 2 rings (SSSR count). The molecule has 0 fully saturated rings. The summed E-state index contributed by atoms with van der Waals surface area (Å²) < 4.78 is 1.81. The van der Waals surface area contributed by atoms with Crippen LogP contribution in [0.3, 0.4) is 0 Å². The Morgan fingerprint density at radius 2 is 2.31 bits per heavy atom. The lowest BCUT2D eigenvalue weighted by Crippen LogP contribution is -2.06. The molecule has 0 unspecified atom stereocenters. The third kappa shape index (κ3) is 2.36. The molecule has 0 spiro atoms. The first kappa shape index (κ1) is 10.6. The van der Waals surface area contributed by atoms with Crippen molar-refractivity contribution in [1.82, 2.24) is 14.8 Å². The average molecular weight is 213 g/mol. The molecule has 0 aliphatic heterocycles. The van der Waals surface area contributed by atoms with Crippen molar-refractivity contribution < 1.29 is 4.79 Å². The minimum atomic E-state index is -0.0153. The van der Waals surface area contributed by atoms with Crippen molar-refractivity contribution in [2.24, 2.45) is 0 Å². The summed E-state index contributed by atoms with van der Waals surface area (Å²) in [5, 5.41) is 4.18. The Morgan fingerprint density at radius 1 is 1.50 bits per heavy atom. The van der Waals surface area contributed by atoms with Crippen molar-refractivity contribution in [3.8, 4) is 0 Å². The van der Waals surface area contributed by atoms with Crippen LogP contribution in [0.2, 0.25) is 0 Å². The van der Waals surface area contributed by atoms with Gasteiger partial charge in [0, 0.05) is 19.3 Å². The molecule has 0 amide bonds. The van der Waals surface area contributed by atoms with Crippen LogP contribution in [-0.2, 0) is 6.54 Å². The predicted octanol–water partition coefficient (Wildman–Crippen LogP) is -0.213. The number of rotatable bonds is 3. The average Bonchev–Trinajstić information content (AvgIpc) is 2.64. The van der Waals surface area contributed by atoms with Crippen molar-refractivity contribution >= 4 is 19.1 Å². The van der Waals surface area contributed by atoms with Gasteiger partial charge in [0.15, 0.2) is 5.78 Å². The lowest BCUT2D eigenvalue weighted by Gasteiger charge is -2.02. The van der Waals surface area contributed by atoms with E-state index in [0.29, 0.717) is 12.2 Å². The molecule has 0 bridgehead atoms. The van der Waals surface area contributed by atoms with Gasteiger partial charge in [-0.25, -0.2) is 4.98 Å². The number of hydrogen-bond acceptors (Lipinski definition) is 3. The molecule has 4 nitrogen and oxygen atoms in total. The number of aromatic nitrogens is 3. The largest absolute Gasteiger partial charge is 0.293 e. The highest BCUT2D eigenvalue weighted by molar-refractivity contribution is 6.31. The van der Waals surface area contributed by atoms with Crippen molar-refractivity contribution in [2.75, 3.05) is 0 Å². The van der Waals surface area contributed by atoms with Gasteiger partial charge in [-0.2, -0.15) is 5.10 Å². The first-order chi connectivity index (χ1) is 7.65. The highest BCUT2D eigenvalue weighted by Gasteiger charge is 2.03. The standard InChI is InChI=1S/C11H12BN3O/c1-8(16)11-4-2-3-10(14-11)7-15-6-9(12)5-13-15/h2-6H,7,12H2,1H3. The third-order valence-corrected chi connectivity index (χ3v) is 2.25. The highest BCUT2D eigenvalue weighted by Crippen LogP contribution is 2.02. The minimum Gasteiger partial charge on any atom is -0.293 e. The molecule has 0 radical (unpaired) electrons. The van der Waals surface area contributed by atoms with Crippen molar-refractivity contribution in [3.63, 3.8) is 0 Å². The van der Waals surface area contributed by atoms with Crippen LogP contribution in [-0.4, -0.2) is 28.4 Å². The Labute approximate surface area is 94.7 Å². The zero-order valence-electron chi connectivity index (χ0n) is 9.34. The second kappa shape index (κ2) is 4.30. The van der Waals surface area contributed by atoms with Gasteiger partial charge in [-0.15, -0.1) is 0 Å². The maximum atomic E-state index is 11.2. The molecule has 0 saturated carbocycles.